The van der Waals surface area contributed by atoms with E-state index >= 15 is 0 Å². The van der Waals surface area contributed by atoms with E-state index in [0.717, 1.165) is 71.6 Å². The summed E-state index contributed by atoms with van der Waals surface area (Å²) in [5.41, 5.74) is 13.8. The highest BCUT2D eigenvalue weighted by molar-refractivity contribution is 6.13. The molecule has 13 rings (SSSR count). The summed E-state index contributed by atoms with van der Waals surface area (Å²) in [6.07, 6.45) is 0. The van der Waals surface area contributed by atoms with E-state index in [1.165, 1.54) is 11.1 Å². The van der Waals surface area contributed by atoms with E-state index in [9.17, 15) is 0 Å². The van der Waals surface area contributed by atoms with Crippen molar-refractivity contribution < 1.29 is 11.3 Å². The Balaban J connectivity index is 1.10. The number of aromatic nitrogens is 4. The van der Waals surface area contributed by atoms with Crippen molar-refractivity contribution in [3.63, 3.8) is 0 Å². The predicted molar refractivity (Wildman–Crippen MR) is 266 cm³/mol. The Morgan fingerprint density at radius 3 is 1.83 bits per heavy atom. The minimum Gasteiger partial charge on any atom is -0.455 e. The number of rotatable bonds is 6. The average molecular weight is 838 g/mol. The molecule has 3 heterocycles. The Labute approximate surface area is 383 Å². The number of hydrogen-bond acceptors (Lipinski definition) is 4. The van der Waals surface area contributed by atoms with Crippen molar-refractivity contribution in [1.82, 2.24) is 19.5 Å². The van der Waals surface area contributed by atoms with Gasteiger partial charge in [-0.05, 0) is 93.0 Å². The van der Waals surface area contributed by atoms with Gasteiger partial charge in [-0.2, -0.15) is 0 Å². The van der Waals surface area contributed by atoms with Crippen LogP contribution in [0.5, 0.6) is 0 Å². The maximum Gasteiger partial charge on any atom is 0.167 e. The summed E-state index contributed by atoms with van der Waals surface area (Å²) < 4.78 is 53.1. The maximum atomic E-state index is 9.09. The van der Waals surface area contributed by atoms with Gasteiger partial charge in [0, 0.05) is 43.8 Å². The second-order valence-electron chi connectivity index (χ2n) is 17.2. The molecule has 0 atom stereocenters. The van der Waals surface area contributed by atoms with Crippen LogP contribution in [0, 0.1) is 0 Å². The third kappa shape index (κ3) is 5.89. The minimum absolute atomic E-state index is 0.0506. The van der Waals surface area contributed by atoms with Crippen molar-refractivity contribution in [2.75, 3.05) is 0 Å². The van der Waals surface area contributed by atoms with E-state index in [1.807, 2.05) is 54.6 Å². The quantitative estimate of drug-likeness (QED) is 0.167. The van der Waals surface area contributed by atoms with Gasteiger partial charge in [0.25, 0.3) is 0 Å². The summed E-state index contributed by atoms with van der Waals surface area (Å²) in [6, 6.07) is 58.4. The first-order chi connectivity index (χ1) is 34.0. The first-order valence-corrected chi connectivity index (χ1v) is 21.8. The summed E-state index contributed by atoms with van der Waals surface area (Å²) in [4.78, 5) is 15.3. The molecule has 306 valence electrons. The fourth-order valence-electron chi connectivity index (χ4n) is 10.0. The van der Waals surface area contributed by atoms with Crippen molar-refractivity contribution in [3.05, 3.63) is 217 Å². The number of nitrogens with zero attached hydrogens (tertiary/aromatic N) is 4. The van der Waals surface area contributed by atoms with E-state index in [-0.39, 0.29) is 28.5 Å². The SMILES string of the molecule is [2H]c1c([2H])c([2H])c(-c2nc(-c3ccc4c(c3)-c3ccccc3C4(C)C)nc(-c3cc(-n4c5ccccc5c5ccccc54)cc4c3oc3ccc(-c5cccc(-c6ccccc6)c5)cc34)n2)c([2H])c1[2H]. The first kappa shape index (κ1) is 32.3. The summed E-state index contributed by atoms with van der Waals surface area (Å²) >= 11 is 0. The van der Waals surface area contributed by atoms with Gasteiger partial charge in [-0.15, -0.1) is 0 Å². The second kappa shape index (κ2) is 14.3. The summed E-state index contributed by atoms with van der Waals surface area (Å²) in [5, 5.41) is 3.92. The second-order valence-corrected chi connectivity index (χ2v) is 17.2. The molecule has 65 heavy (non-hydrogen) atoms. The molecule has 1 aliphatic carbocycles. The van der Waals surface area contributed by atoms with Crippen molar-refractivity contribution in [3.8, 4) is 73.2 Å². The summed E-state index contributed by atoms with van der Waals surface area (Å²) in [6.45, 7) is 4.45. The lowest BCUT2D eigenvalue weighted by Gasteiger charge is -2.21. The third-order valence-corrected chi connectivity index (χ3v) is 13.1. The van der Waals surface area contributed by atoms with E-state index in [2.05, 4.69) is 140 Å². The fraction of sp³-hybridized carbons (Fsp3) is 0.0500. The zero-order valence-electron chi connectivity index (χ0n) is 40.4. The van der Waals surface area contributed by atoms with E-state index in [1.54, 1.807) is 0 Å². The Kier molecular flexibility index (Phi) is 7.11. The van der Waals surface area contributed by atoms with E-state index in [4.69, 9.17) is 26.2 Å². The first-order valence-electron chi connectivity index (χ1n) is 24.3. The smallest absolute Gasteiger partial charge is 0.167 e. The van der Waals surface area contributed by atoms with Crippen LogP contribution in [0.2, 0.25) is 0 Å². The number of fused-ring (bicyclic) bond motifs is 9. The van der Waals surface area contributed by atoms with Crippen molar-refractivity contribution >= 4 is 43.7 Å². The van der Waals surface area contributed by atoms with Crippen molar-refractivity contribution in [2.45, 2.75) is 19.3 Å². The molecule has 0 amide bonds. The van der Waals surface area contributed by atoms with Gasteiger partial charge in [0.1, 0.15) is 11.2 Å². The fourth-order valence-corrected chi connectivity index (χ4v) is 10.0. The summed E-state index contributed by atoms with van der Waals surface area (Å²) in [7, 11) is 0. The number of benzene rings is 9. The van der Waals surface area contributed by atoms with Gasteiger partial charge in [0.15, 0.2) is 17.5 Å². The van der Waals surface area contributed by atoms with E-state index < -0.39 is 30.2 Å². The van der Waals surface area contributed by atoms with Crippen LogP contribution >= 0.6 is 0 Å². The lowest BCUT2D eigenvalue weighted by Crippen LogP contribution is -2.14. The Morgan fingerprint density at radius 1 is 0.431 bits per heavy atom. The molecular formula is C60H40N4O. The molecule has 0 radical (unpaired) electrons. The maximum absolute atomic E-state index is 9.09. The Morgan fingerprint density at radius 2 is 1.05 bits per heavy atom. The molecule has 1 aliphatic rings. The molecule has 12 aromatic rings. The largest absolute Gasteiger partial charge is 0.455 e. The number of furan rings is 1. The van der Waals surface area contributed by atoms with Gasteiger partial charge in [-0.25, -0.2) is 15.0 Å². The number of hydrogen-bond donors (Lipinski definition) is 0. The zero-order valence-corrected chi connectivity index (χ0v) is 35.4. The van der Waals surface area contributed by atoms with Crippen LogP contribution in [-0.4, -0.2) is 19.5 Å². The highest BCUT2D eigenvalue weighted by atomic mass is 16.3. The average Bonchev–Trinajstić information content (AvgIpc) is 4.02. The highest BCUT2D eigenvalue weighted by Gasteiger charge is 2.35. The molecule has 0 aliphatic heterocycles. The summed E-state index contributed by atoms with van der Waals surface area (Å²) in [5.74, 6) is 0.449. The van der Waals surface area contributed by atoms with Crippen molar-refractivity contribution in [1.29, 1.82) is 0 Å². The predicted octanol–water partition coefficient (Wildman–Crippen LogP) is 15.5. The molecule has 5 nitrogen and oxygen atoms in total. The molecule has 9 aromatic carbocycles. The molecule has 0 fully saturated rings. The van der Waals surface area contributed by atoms with Crippen LogP contribution in [0.3, 0.4) is 0 Å². The van der Waals surface area contributed by atoms with Gasteiger partial charge in [0.05, 0.1) is 23.5 Å². The standard InChI is InChI=1S/C60H40N4O/c1-60(2)51-25-12-9-22-44(51)47-34-42(28-30-52(47)60)58-61-57(38-18-7-4-8-19-38)62-59(63-58)50-36-43(64-53-26-13-10-23-45(53)46-24-11-14-27-54(46)64)35-49-48-33-41(29-31-55(48)65-56(49)50)40-21-15-20-39(32-40)37-16-5-3-6-17-37/h3-36H,1-2H3/i4D,7D,8D,18D,19D. The lowest BCUT2D eigenvalue weighted by atomic mass is 9.82. The topological polar surface area (TPSA) is 56.7 Å². The highest BCUT2D eigenvalue weighted by Crippen LogP contribution is 2.50. The van der Waals surface area contributed by atoms with Crippen LogP contribution in [0.1, 0.15) is 31.8 Å². The molecule has 5 heteroatoms. The van der Waals surface area contributed by atoms with Gasteiger partial charge < -0.3 is 8.98 Å². The lowest BCUT2D eigenvalue weighted by molar-refractivity contribution is 0.660. The van der Waals surface area contributed by atoms with Gasteiger partial charge in [0.2, 0.25) is 0 Å². The molecule has 0 bridgehead atoms. The third-order valence-electron chi connectivity index (χ3n) is 13.1. The molecular weight excluding hydrogens is 793 g/mol. The monoisotopic (exact) mass is 837 g/mol. The van der Waals surface area contributed by atoms with Crippen molar-refractivity contribution in [2.24, 2.45) is 0 Å². The molecule has 0 saturated heterocycles. The molecule has 0 unspecified atom stereocenters. The molecule has 0 N–H and O–H groups in total. The van der Waals surface area contributed by atoms with Crippen LogP contribution in [0.4, 0.5) is 0 Å². The van der Waals surface area contributed by atoms with Gasteiger partial charge in [-0.3, -0.25) is 0 Å². The van der Waals surface area contributed by atoms with Crippen LogP contribution in [-0.2, 0) is 5.41 Å². The molecule has 0 spiro atoms. The van der Waals surface area contributed by atoms with Crippen LogP contribution in [0.15, 0.2) is 211 Å². The van der Waals surface area contributed by atoms with Crippen LogP contribution in [0.25, 0.3) is 117 Å². The molecule has 0 saturated carbocycles. The van der Waals surface area contributed by atoms with Gasteiger partial charge >= 0.3 is 0 Å². The van der Waals surface area contributed by atoms with E-state index in [0.29, 0.717) is 22.3 Å². The zero-order chi connectivity index (χ0) is 47.6. The Bertz CT molecular complexity index is 4090. The normalized spacial score (nSPS) is 14.0. The Hall–Kier alpha value is -8.41. The molecule has 3 aromatic heterocycles. The van der Waals surface area contributed by atoms with Gasteiger partial charge in [-0.1, -0.05) is 171 Å². The minimum atomic E-state index is -0.498. The van der Waals surface area contributed by atoms with Crippen LogP contribution < -0.4 is 0 Å². The number of para-hydroxylation sites is 2.